The smallest absolute Gasteiger partial charge is 0.271 e. The number of hydrogen-bond donors (Lipinski definition) is 2. The second-order valence-corrected chi connectivity index (χ2v) is 8.95. The summed E-state index contributed by atoms with van der Waals surface area (Å²) in [7, 11) is -3.56. The zero-order chi connectivity index (χ0) is 21.7. The molecule has 0 bridgehead atoms. The van der Waals surface area contributed by atoms with Gasteiger partial charge in [-0.05, 0) is 44.2 Å². The van der Waals surface area contributed by atoms with Crippen molar-refractivity contribution in [1.29, 1.82) is 0 Å². The fraction of sp³-hybridized carbons (Fsp3) is 0.182. The van der Waals surface area contributed by atoms with Crippen LogP contribution in [0.4, 0.5) is 0 Å². The molecule has 2 amide bonds. The number of benzene rings is 2. The summed E-state index contributed by atoms with van der Waals surface area (Å²) in [6, 6.07) is 19.3. The van der Waals surface area contributed by atoms with Gasteiger partial charge in [-0.15, -0.1) is 0 Å². The van der Waals surface area contributed by atoms with E-state index in [0.29, 0.717) is 5.56 Å². The van der Waals surface area contributed by atoms with Gasteiger partial charge >= 0.3 is 0 Å². The predicted octanol–water partition coefficient (Wildman–Crippen LogP) is 2.72. The lowest BCUT2D eigenvalue weighted by atomic mass is 10.2. The van der Waals surface area contributed by atoms with E-state index in [0.717, 1.165) is 17.1 Å². The molecule has 30 heavy (non-hydrogen) atoms. The molecule has 3 rings (SSSR count). The lowest BCUT2D eigenvalue weighted by molar-refractivity contribution is -0.121. The Balaban J connectivity index is 1.60. The Morgan fingerprint density at radius 3 is 2.13 bits per heavy atom. The van der Waals surface area contributed by atoms with Crippen LogP contribution in [-0.2, 0) is 14.6 Å². The van der Waals surface area contributed by atoms with Gasteiger partial charge in [0.2, 0.25) is 5.91 Å². The Hall–Kier alpha value is -3.39. The van der Waals surface area contributed by atoms with Crippen LogP contribution in [0, 0.1) is 13.8 Å². The molecule has 7 nitrogen and oxygen atoms in total. The molecule has 8 heteroatoms. The van der Waals surface area contributed by atoms with Crippen molar-refractivity contribution >= 4 is 21.7 Å². The molecule has 2 aromatic carbocycles. The van der Waals surface area contributed by atoms with Crippen LogP contribution in [0.2, 0.25) is 0 Å². The summed E-state index contributed by atoms with van der Waals surface area (Å²) in [6.07, 6.45) is -0.263. The summed E-state index contributed by atoms with van der Waals surface area (Å²) in [4.78, 5) is 24.7. The number of amides is 2. The Morgan fingerprint density at radius 2 is 1.50 bits per heavy atom. The van der Waals surface area contributed by atoms with Gasteiger partial charge in [0.15, 0.2) is 9.84 Å². The van der Waals surface area contributed by atoms with E-state index < -0.39 is 21.7 Å². The summed E-state index contributed by atoms with van der Waals surface area (Å²) in [6.45, 7) is 3.72. The third-order valence-electron chi connectivity index (χ3n) is 4.71. The molecule has 0 saturated heterocycles. The van der Waals surface area contributed by atoms with Crippen LogP contribution in [0.25, 0.3) is 5.69 Å². The van der Waals surface area contributed by atoms with Gasteiger partial charge in [0.05, 0.1) is 16.2 Å². The summed E-state index contributed by atoms with van der Waals surface area (Å²) in [5.74, 6) is -1.40. The van der Waals surface area contributed by atoms with Crippen molar-refractivity contribution in [2.75, 3.05) is 5.75 Å². The molecule has 0 unspecified atom stereocenters. The normalized spacial score (nSPS) is 11.1. The molecule has 0 radical (unpaired) electrons. The summed E-state index contributed by atoms with van der Waals surface area (Å²) < 4.78 is 26.4. The van der Waals surface area contributed by atoms with Crippen LogP contribution in [0.3, 0.4) is 0 Å². The lowest BCUT2D eigenvalue weighted by Crippen LogP contribution is -2.42. The van der Waals surface area contributed by atoms with Gasteiger partial charge in [-0.3, -0.25) is 20.4 Å². The molecular weight excluding hydrogens is 402 g/mol. The fourth-order valence-corrected chi connectivity index (χ4v) is 4.46. The first-order valence-electron chi connectivity index (χ1n) is 9.41. The zero-order valence-electron chi connectivity index (χ0n) is 16.8. The Labute approximate surface area is 175 Å². The second-order valence-electron chi connectivity index (χ2n) is 6.84. The first kappa shape index (κ1) is 21.3. The number of sulfone groups is 1. The quantitative estimate of drug-likeness (QED) is 0.594. The third-order valence-corrected chi connectivity index (χ3v) is 6.44. The molecule has 1 heterocycles. The molecule has 0 fully saturated rings. The van der Waals surface area contributed by atoms with Crippen LogP contribution < -0.4 is 10.9 Å². The molecule has 0 aliphatic rings. The van der Waals surface area contributed by atoms with E-state index >= 15 is 0 Å². The predicted molar refractivity (Wildman–Crippen MR) is 114 cm³/mol. The zero-order valence-corrected chi connectivity index (χ0v) is 17.6. The van der Waals surface area contributed by atoms with E-state index in [1.165, 1.54) is 12.1 Å². The molecule has 0 atom stereocenters. The number of aromatic nitrogens is 1. The number of para-hydroxylation sites is 1. The van der Waals surface area contributed by atoms with Gasteiger partial charge in [0.1, 0.15) is 0 Å². The van der Waals surface area contributed by atoms with Gasteiger partial charge in [-0.2, -0.15) is 0 Å². The van der Waals surface area contributed by atoms with Crippen LogP contribution >= 0.6 is 0 Å². The van der Waals surface area contributed by atoms with Crippen LogP contribution in [0.15, 0.2) is 71.6 Å². The molecule has 0 saturated carbocycles. The number of carbonyl (C=O) groups is 2. The Kier molecular flexibility index (Phi) is 6.37. The highest BCUT2D eigenvalue weighted by molar-refractivity contribution is 7.91. The van der Waals surface area contributed by atoms with Crippen molar-refractivity contribution in [2.45, 2.75) is 25.2 Å². The average Bonchev–Trinajstić information content (AvgIpc) is 3.06. The molecule has 0 spiro atoms. The Morgan fingerprint density at radius 1 is 0.900 bits per heavy atom. The highest BCUT2D eigenvalue weighted by Crippen LogP contribution is 2.20. The molecule has 1 aromatic heterocycles. The maximum atomic E-state index is 12.5. The third kappa shape index (κ3) is 4.77. The maximum absolute atomic E-state index is 12.5. The van der Waals surface area contributed by atoms with E-state index in [2.05, 4.69) is 10.9 Å². The van der Waals surface area contributed by atoms with Crippen molar-refractivity contribution in [2.24, 2.45) is 0 Å². The van der Waals surface area contributed by atoms with Gasteiger partial charge < -0.3 is 4.57 Å². The summed E-state index contributed by atoms with van der Waals surface area (Å²) in [5.41, 5.74) is 7.62. The lowest BCUT2D eigenvalue weighted by Gasteiger charge is -2.10. The maximum Gasteiger partial charge on any atom is 0.271 e. The molecule has 156 valence electrons. The van der Waals surface area contributed by atoms with Crippen LogP contribution in [0.1, 0.15) is 28.2 Å². The number of hydrazine groups is 1. The molecule has 2 N–H and O–H groups in total. The highest BCUT2D eigenvalue weighted by Gasteiger charge is 2.19. The van der Waals surface area contributed by atoms with E-state index in [-0.39, 0.29) is 17.1 Å². The number of nitrogens with one attached hydrogen (secondary N) is 2. The number of aryl methyl sites for hydroxylation is 1. The van der Waals surface area contributed by atoms with Crippen LogP contribution in [-0.4, -0.2) is 30.6 Å². The molecule has 3 aromatic rings. The number of rotatable bonds is 6. The second kappa shape index (κ2) is 8.96. The first-order chi connectivity index (χ1) is 14.3. The van der Waals surface area contributed by atoms with E-state index in [4.69, 9.17) is 0 Å². The first-order valence-corrected chi connectivity index (χ1v) is 11.1. The molecule has 0 aliphatic carbocycles. The minimum atomic E-state index is -3.56. The highest BCUT2D eigenvalue weighted by atomic mass is 32.2. The largest absolute Gasteiger partial charge is 0.318 e. The van der Waals surface area contributed by atoms with E-state index in [9.17, 15) is 18.0 Å². The average molecular weight is 426 g/mol. The molecular formula is C22H23N3O4S. The number of nitrogens with zero attached hydrogens (tertiary/aromatic N) is 1. The van der Waals surface area contributed by atoms with Crippen molar-refractivity contribution in [3.05, 3.63) is 83.7 Å². The monoisotopic (exact) mass is 425 g/mol. The van der Waals surface area contributed by atoms with Crippen molar-refractivity contribution in [3.8, 4) is 5.69 Å². The number of carbonyl (C=O) groups excluding carboxylic acids is 2. The van der Waals surface area contributed by atoms with Crippen molar-refractivity contribution < 1.29 is 18.0 Å². The fourth-order valence-electron chi connectivity index (χ4n) is 3.20. The number of hydrogen-bond acceptors (Lipinski definition) is 4. The minimum Gasteiger partial charge on any atom is -0.318 e. The van der Waals surface area contributed by atoms with Crippen molar-refractivity contribution in [1.82, 2.24) is 15.4 Å². The minimum absolute atomic E-state index is 0.162. The summed E-state index contributed by atoms with van der Waals surface area (Å²) >= 11 is 0. The summed E-state index contributed by atoms with van der Waals surface area (Å²) in [5, 5.41) is 0. The van der Waals surface area contributed by atoms with Gasteiger partial charge in [0.25, 0.3) is 5.91 Å². The van der Waals surface area contributed by atoms with E-state index in [1.807, 2.05) is 48.7 Å². The Bertz CT molecular complexity index is 1150. The molecule has 0 aliphatic heterocycles. The van der Waals surface area contributed by atoms with Gasteiger partial charge in [-0.25, -0.2) is 8.42 Å². The topological polar surface area (TPSA) is 97.3 Å². The SMILES string of the molecule is Cc1cc(C(=O)NNC(=O)CCS(=O)(=O)c2ccccc2)c(C)n1-c1ccccc1. The van der Waals surface area contributed by atoms with Crippen molar-refractivity contribution in [3.63, 3.8) is 0 Å². The standard InChI is InChI=1S/C22H23N3O4S/c1-16-15-20(17(2)25(16)18-9-5-3-6-10-18)22(27)24-23-21(26)13-14-30(28,29)19-11-7-4-8-12-19/h3-12,15H,13-14H2,1-2H3,(H,23,26)(H,24,27). The van der Waals surface area contributed by atoms with Crippen LogP contribution in [0.5, 0.6) is 0 Å². The van der Waals surface area contributed by atoms with Gasteiger partial charge in [0, 0.05) is 23.5 Å². The van der Waals surface area contributed by atoms with E-state index in [1.54, 1.807) is 24.3 Å². The van der Waals surface area contributed by atoms with Gasteiger partial charge in [-0.1, -0.05) is 36.4 Å².